The van der Waals surface area contributed by atoms with Gasteiger partial charge >= 0.3 is 0 Å². The lowest BCUT2D eigenvalue weighted by Crippen LogP contribution is -2.40. The van der Waals surface area contributed by atoms with Crippen molar-refractivity contribution >= 4 is 27.3 Å². The fourth-order valence-electron chi connectivity index (χ4n) is 3.11. The summed E-state index contributed by atoms with van der Waals surface area (Å²) in [4.78, 5) is 11.9. The number of nitrogens with zero attached hydrogens (tertiary/aromatic N) is 1. The van der Waals surface area contributed by atoms with Gasteiger partial charge in [-0.2, -0.15) is 4.31 Å². The molecule has 1 amide bonds. The van der Waals surface area contributed by atoms with Gasteiger partial charge in [-0.3, -0.25) is 4.79 Å². The van der Waals surface area contributed by atoms with E-state index in [2.05, 4.69) is 10.6 Å². The normalized spacial score (nSPS) is 21.1. The van der Waals surface area contributed by atoms with Crippen LogP contribution in [0.25, 0.3) is 0 Å². The van der Waals surface area contributed by atoms with Crippen molar-refractivity contribution in [1.82, 2.24) is 4.31 Å². The van der Waals surface area contributed by atoms with Crippen molar-refractivity contribution in [3.05, 3.63) is 18.2 Å². The molecule has 2 aliphatic heterocycles. The van der Waals surface area contributed by atoms with E-state index in [1.807, 2.05) is 0 Å². The Labute approximate surface area is 159 Å². The van der Waals surface area contributed by atoms with Crippen LogP contribution in [0.4, 0.5) is 11.4 Å². The second kappa shape index (κ2) is 8.98. The molecule has 2 heterocycles. The van der Waals surface area contributed by atoms with Crippen molar-refractivity contribution in [3.63, 3.8) is 0 Å². The Balaban J connectivity index is 1.82. The summed E-state index contributed by atoms with van der Waals surface area (Å²) in [6.45, 7) is 2.51. The van der Waals surface area contributed by atoms with Crippen molar-refractivity contribution < 1.29 is 22.7 Å². The van der Waals surface area contributed by atoms with E-state index in [9.17, 15) is 13.2 Å². The van der Waals surface area contributed by atoms with Crippen LogP contribution in [0.15, 0.2) is 23.1 Å². The Hall–Kier alpha value is -1.72. The molecule has 3 rings (SSSR count). The summed E-state index contributed by atoms with van der Waals surface area (Å²) in [6.07, 6.45) is 2.11. The molecule has 2 aliphatic rings. The molecule has 4 N–H and O–H groups in total. The van der Waals surface area contributed by atoms with Crippen LogP contribution in [0.5, 0.6) is 0 Å². The van der Waals surface area contributed by atoms with Crippen LogP contribution < -0.4 is 16.4 Å². The Kier molecular flexibility index (Phi) is 6.66. The Morgan fingerprint density at radius 1 is 1.22 bits per heavy atom. The standard InChI is InChI=1S/C17H26N4O5S/c18-11-17(22)20-16-10-14(27(23,24)21-5-8-25-9-6-21)3-4-15(16)19-12-13-2-1-7-26-13/h3-4,10,13,19H,1-2,5-9,11-12,18H2,(H,20,22). The molecule has 1 aromatic carbocycles. The highest BCUT2D eigenvalue weighted by Crippen LogP contribution is 2.28. The molecule has 150 valence electrons. The van der Waals surface area contributed by atoms with Crippen LogP contribution in [-0.2, 0) is 24.3 Å². The quantitative estimate of drug-likeness (QED) is 0.599. The summed E-state index contributed by atoms with van der Waals surface area (Å²) in [5, 5.41) is 5.91. The molecule has 1 unspecified atom stereocenters. The maximum Gasteiger partial charge on any atom is 0.243 e. The van der Waals surface area contributed by atoms with Gasteiger partial charge in [0.2, 0.25) is 15.9 Å². The van der Waals surface area contributed by atoms with Crippen LogP contribution in [0.3, 0.4) is 0 Å². The molecule has 0 bridgehead atoms. The molecule has 2 fully saturated rings. The van der Waals surface area contributed by atoms with E-state index >= 15 is 0 Å². The zero-order chi connectivity index (χ0) is 19.3. The van der Waals surface area contributed by atoms with Crippen molar-refractivity contribution in [2.45, 2.75) is 23.8 Å². The largest absolute Gasteiger partial charge is 0.381 e. The number of nitrogens with two attached hydrogens (primary N) is 1. The number of sulfonamides is 1. The molecule has 0 aliphatic carbocycles. The molecule has 1 atom stereocenters. The number of nitrogens with one attached hydrogen (secondary N) is 2. The Morgan fingerprint density at radius 2 is 2.00 bits per heavy atom. The van der Waals surface area contributed by atoms with Crippen LogP contribution in [-0.4, -0.2) is 70.7 Å². The maximum atomic E-state index is 12.9. The lowest BCUT2D eigenvalue weighted by Gasteiger charge is -2.26. The van der Waals surface area contributed by atoms with Gasteiger partial charge in [-0.25, -0.2) is 8.42 Å². The fourth-order valence-corrected chi connectivity index (χ4v) is 4.54. The van der Waals surface area contributed by atoms with E-state index in [0.717, 1.165) is 19.4 Å². The number of hydrogen-bond acceptors (Lipinski definition) is 7. The third-order valence-electron chi connectivity index (χ3n) is 4.60. The van der Waals surface area contributed by atoms with Crippen molar-refractivity contribution in [2.24, 2.45) is 5.73 Å². The average Bonchev–Trinajstić information content (AvgIpc) is 3.21. The first-order valence-corrected chi connectivity index (χ1v) is 10.5. The third-order valence-corrected chi connectivity index (χ3v) is 6.50. The van der Waals surface area contributed by atoms with E-state index in [4.69, 9.17) is 15.2 Å². The first kappa shape index (κ1) is 20.0. The van der Waals surface area contributed by atoms with Crippen LogP contribution in [0, 0.1) is 0 Å². The van der Waals surface area contributed by atoms with Gasteiger partial charge in [-0.05, 0) is 31.0 Å². The highest BCUT2D eigenvalue weighted by Gasteiger charge is 2.27. The van der Waals surface area contributed by atoms with E-state index in [1.54, 1.807) is 12.1 Å². The summed E-state index contributed by atoms with van der Waals surface area (Å²) in [6, 6.07) is 4.67. The zero-order valence-electron chi connectivity index (χ0n) is 15.1. The van der Waals surface area contributed by atoms with Crippen molar-refractivity contribution in [2.75, 3.05) is 56.6 Å². The highest BCUT2D eigenvalue weighted by atomic mass is 32.2. The molecule has 0 saturated carbocycles. The molecule has 0 radical (unpaired) electrons. The lowest BCUT2D eigenvalue weighted by atomic mass is 10.2. The molecule has 9 nitrogen and oxygen atoms in total. The number of morpholine rings is 1. The van der Waals surface area contributed by atoms with Gasteiger partial charge in [0.15, 0.2) is 0 Å². The second-order valence-electron chi connectivity index (χ2n) is 6.49. The topological polar surface area (TPSA) is 123 Å². The smallest absolute Gasteiger partial charge is 0.243 e. The third kappa shape index (κ3) is 4.96. The van der Waals surface area contributed by atoms with E-state index in [-0.39, 0.29) is 17.5 Å². The summed E-state index contributed by atoms with van der Waals surface area (Å²) in [5.41, 5.74) is 6.41. The number of amides is 1. The molecule has 27 heavy (non-hydrogen) atoms. The number of ether oxygens (including phenoxy) is 2. The highest BCUT2D eigenvalue weighted by molar-refractivity contribution is 7.89. The first-order chi connectivity index (χ1) is 13.0. The van der Waals surface area contributed by atoms with E-state index in [1.165, 1.54) is 10.4 Å². The van der Waals surface area contributed by atoms with Crippen LogP contribution >= 0.6 is 0 Å². The van der Waals surface area contributed by atoms with Crippen molar-refractivity contribution in [1.29, 1.82) is 0 Å². The maximum absolute atomic E-state index is 12.9. The van der Waals surface area contributed by atoms with Gasteiger partial charge in [0.1, 0.15) is 0 Å². The van der Waals surface area contributed by atoms with Gasteiger partial charge in [-0.15, -0.1) is 0 Å². The van der Waals surface area contributed by atoms with Gasteiger partial charge in [0.25, 0.3) is 0 Å². The number of rotatable bonds is 7. The number of carbonyl (C=O) groups excluding carboxylic acids is 1. The zero-order valence-corrected chi connectivity index (χ0v) is 16.0. The van der Waals surface area contributed by atoms with Gasteiger partial charge < -0.3 is 25.8 Å². The molecular weight excluding hydrogens is 372 g/mol. The summed E-state index contributed by atoms with van der Waals surface area (Å²) in [7, 11) is -3.66. The van der Waals surface area contributed by atoms with Gasteiger partial charge in [0, 0.05) is 26.2 Å². The van der Waals surface area contributed by atoms with Crippen LogP contribution in [0.2, 0.25) is 0 Å². The SMILES string of the molecule is NCC(=O)Nc1cc(S(=O)(=O)N2CCOCC2)ccc1NCC1CCCO1. The van der Waals surface area contributed by atoms with E-state index < -0.39 is 15.9 Å². The summed E-state index contributed by atoms with van der Waals surface area (Å²) >= 11 is 0. The summed E-state index contributed by atoms with van der Waals surface area (Å²) in [5.74, 6) is -0.393. The Morgan fingerprint density at radius 3 is 2.67 bits per heavy atom. The van der Waals surface area contributed by atoms with Crippen LogP contribution in [0.1, 0.15) is 12.8 Å². The predicted octanol–water partition coefficient (Wildman–Crippen LogP) is 0.196. The number of hydrogen-bond donors (Lipinski definition) is 3. The number of carbonyl (C=O) groups is 1. The Bertz CT molecular complexity index is 759. The minimum atomic E-state index is -3.66. The van der Waals surface area contributed by atoms with Crippen molar-refractivity contribution in [3.8, 4) is 0 Å². The second-order valence-corrected chi connectivity index (χ2v) is 8.43. The molecule has 2 saturated heterocycles. The molecule has 1 aromatic rings. The van der Waals surface area contributed by atoms with E-state index in [0.29, 0.717) is 44.2 Å². The lowest BCUT2D eigenvalue weighted by molar-refractivity contribution is -0.114. The minimum Gasteiger partial charge on any atom is -0.381 e. The average molecular weight is 398 g/mol. The number of benzene rings is 1. The molecule has 10 heteroatoms. The van der Waals surface area contributed by atoms with Gasteiger partial charge in [0.05, 0.1) is 42.1 Å². The monoisotopic (exact) mass is 398 g/mol. The minimum absolute atomic E-state index is 0.111. The van der Waals surface area contributed by atoms with Gasteiger partial charge in [-0.1, -0.05) is 0 Å². The molecular formula is C17H26N4O5S. The molecule has 0 spiro atoms. The fraction of sp³-hybridized carbons (Fsp3) is 0.588. The molecule has 0 aromatic heterocycles. The number of anilines is 2. The first-order valence-electron chi connectivity index (χ1n) is 9.08. The summed E-state index contributed by atoms with van der Waals surface area (Å²) < 4.78 is 37.9. The predicted molar refractivity (Wildman–Crippen MR) is 101 cm³/mol.